The summed E-state index contributed by atoms with van der Waals surface area (Å²) in [7, 11) is 0. The number of benzene rings is 2. The van der Waals surface area contributed by atoms with E-state index in [1.165, 1.54) is 4.90 Å². The zero-order chi connectivity index (χ0) is 23.9. The molecule has 3 rings (SSSR count). The Morgan fingerprint density at radius 2 is 1.56 bits per heavy atom. The highest BCUT2D eigenvalue weighted by Crippen LogP contribution is 2.50. The van der Waals surface area contributed by atoms with Crippen LogP contribution in [0.25, 0.3) is 0 Å². The molecule has 11 heteroatoms. The van der Waals surface area contributed by atoms with Crippen molar-refractivity contribution in [2.24, 2.45) is 0 Å². The third-order valence-corrected chi connectivity index (χ3v) is 6.09. The summed E-state index contributed by atoms with van der Waals surface area (Å²) in [6, 6.07) is 6.92. The van der Waals surface area contributed by atoms with Crippen LogP contribution in [0.4, 0.5) is 32.0 Å². The van der Waals surface area contributed by atoms with Crippen LogP contribution in [0, 0.1) is 0 Å². The largest absolute Gasteiger partial charge is 0.430 e. The average molecular weight is 500 g/mol. The van der Waals surface area contributed by atoms with E-state index in [2.05, 4.69) is 0 Å². The lowest BCUT2D eigenvalue weighted by atomic mass is 9.89. The second-order valence-corrected chi connectivity index (χ2v) is 8.24. The van der Waals surface area contributed by atoms with Crippen molar-refractivity contribution in [1.29, 1.82) is 0 Å². The van der Waals surface area contributed by atoms with Crippen LogP contribution >= 0.6 is 23.2 Å². The Hall–Kier alpha value is -1.97. The minimum atomic E-state index is -5.99. The van der Waals surface area contributed by atoms with Gasteiger partial charge in [-0.3, -0.25) is 4.79 Å². The zero-order valence-electron chi connectivity index (χ0n) is 16.3. The fraction of sp³-hybridized carbons (Fsp3) is 0.381. The van der Waals surface area contributed by atoms with Crippen LogP contribution in [0.1, 0.15) is 29.5 Å². The van der Waals surface area contributed by atoms with Crippen LogP contribution in [0.15, 0.2) is 36.4 Å². The molecule has 0 saturated carbocycles. The molecule has 0 fully saturated rings. The third kappa shape index (κ3) is 4.43. The molecule has 1 aliphatic rings. The first-order valence-electron chi connectivity index (χ1n) is 9.50. The fourth-order valence-electron chi connectivity index (χ4n) is 3.67. The van der Waals surface area contributed by atoms with E-state index in [0.717, 1.165) is 6.07 Å². The van der Waals surface area contributed by atoms with Crippen molar-refractivity contribution in [3.8, 4) is 0 Å². The van der Waals surface area contributed by atoms with Crippen molar-refractivity contribution < 1.29 is 36.2 Å². The maximum absolute atomic E-state index is 13.3. The van der Waals surface area contributed by atoms with E-state index in [-0.39, 0.29) is 40.7 Å². The molecule has 174 valence electrons. The van der Waals surface area contributed by atoms with E-state index in [1.807, 2.05) is 0 Å². The predicted molar refractivity (Wildman–Crippen MR) is 108 cm³/mol. The van der Waals surface area contributed by atoms with Crippen molar-refractivity contribution >= 4 is 34.8 Å². The molecule has 0 spiro atoms. The third-order valence-electron chi connectivity index (χ3n) is 5.38. The second kappa shape index (κ2) is 8.76. The second-order valence-electron chi connectivity index (χ2n) is 7.43. The highest BCUT2D eigenvalue weighted by Gasteiger charge is 2.71. The molecular weight excluding hydrogens is 483 g/mol. The number of aliphatic hydroxyl groups is 1. The van der Waals surface area contributed by atoms with Gasteiger partial charge >= 0.3 is 12.4 Å². The van der Waals surface area contributed by atoms with Crippen molar-refractivity contribution in [1.82, 2.24) is 0 Å². The van der Waals surface area contributed by atoms with E-state index in [0.29, 0.717) is 30.5 Å². The Kier molecular flexibility index (Phi) is 6.75. The van der Waals surface area contributed by atoms with Crippen LogP contribution in [0.2, 0.25) is 10.0 Å². The van der Waals surface area contributed by atoms with Gasteiger partial charge in [0.1, 0.15) is 0 Å². The van der Waals surface area contributed by atoms with E-state index < -0.39 is 29.4 Å². The van der Waals surface area contributed by atoms with Gasteiger partial charge in [-0.05, 0) is 48.6 Å². The predicted octanol–water partition coefficient (Wildman–Crippen LogP) is 6.22. The number of rotatable bonds is 3. The number of alkyl halides is 6. The number of fused-ring (bicyclic) bond motifs is 1. The smallest absolute Gasteiger partial charge is 0.369 e. The summed E-state index contributed by atoms with van der Waals surface area (Å²) in [4.78, 5) is 14.3. The number of halogens is 8. The Bertz CT molecular complexity index is 988. The highest BCUT2D eigenvalue weighted by atomic mass is 35.5. The van der Waals surface area contributed by atoms with Gasteiger partial charge < -0.3 is 10.0 Å². The number of hydrogen-bond donors (Lipinski definition) is 1. The molecule has 1 amide bonds. The van der Waals surface area contributed by atoms with Crippen LogP contribution in [-0.2, 0) is 23.2 Å². The van der Waals surface area contributed by atoms with Crippen molar-refractivity contribution in [2.45, 2.75) is 43.6 Å². The summed E-state index contributed by atoms with van der Waals surface area (Å²) in [6.07, 6.45) is -11.1. The van der Waals surface area contributed by atoms with Crippen molar-refractivity contribution in [3.05, 3.63) is 63.1 Å². The standard InChI is InChI=1S/C21H17Cl2F6NO2/c22-15-5-3-6-16(23)14(15)11-18(31)30-9-2-1-4-12-10-13(7-8-17(12)30)19(32,20(24,25)26)21(27,28)29/h3,5-8,10,32H,1-2,4,9,11H2. The summed E-state index contributed by atoms with van der Waals surface area (Å²) in [5.41, 5.74) is -5.72. The maximum Gasteiger partial charge on any atom is 0.430 e. The monoisotopic (exact) mass is 499 g/mol. The number of carbonyl (C=O) groups excluding carboxylic acids is 1. The van der Waals surface area contributed by atoms with Gasteiger partial charge in [-0.2, -0.15) is 26.3 Å². The van der Waals surface area contributed by atoms with E-state index in [9.17, 15) is 36.2 Å². The molecule has 0 bridgehead atoms. The lowest BCUT2D eigenvalue weighted by Crippen LogP contribution is -2.54. The molecule has 0 atom stereocenters. The summed E-state index contributed by atoms with van der Waals surface area (Å²) in [6.45, 7) is 0.218. The molecule has 1 aliphatic heterocycles. The minimum absolute atomic E-state index is 0.102. The summed E-state index contributed by atoms with van der Waals surface area (Å²) >= 11 is 12.2. The van der Waals surface area contributed by atoms with E-state index in [4.69, 9.17) is 23.2 Å². The van der Waals surface area contributed by atoms with Crippen LogP contribution in [0.3, 0.4) is 0 Å². The molecule has 3 nitrogen and oxygen atoms in total. The molecule has 2 aromatic carbocycles. The molecule has 0 aromatic heterocycles. The van der Waals surface area contributed by atoms with E-state index in [1.54, 1.807) is 18.2 Å². The van der Waals surface area contributed by atoms with Gasteiger partial charge in [-0.25, -0.2) is 0 Å². The maximum atomic E-state index is 13.3. The normalized spacial score (nSPS) is 15.3. The number of anilines is 1. The fourth-order valence-corrected chi connectivity index (χ4v) is 4.21. The zero-order valence-corrected chi connectivity index (χ0v) is 17.8. The number of nitrogens with zero attached hydrogens (tertiary/aromatic N) is 1. The quantitative estimate of drug-likeness (QED) is 0.509. The first-order valence-corrected chi connectivity index (χ1v) is 10.3. The number of carbonyl (C=O) groups is 1. The van der Waals surface area contributed by atoms with Crippen LogP contribution < -0.4 is 4.90 Å². The lowest BCUT2D eigenvalue weighted by molar-refractivity contribution is -0.376. The van der Waals surface area contributed by atoms with Crippen molar-refractivity contribution in [3.63, 3.8) is 0 Å². The molecule has 2 aromatic rings. The minimum Gasteiger partial charge on any atom is -0.369 e. The van der Waals surface area contributed by atoms with Crippen LogP contribution in [-0.4, -0.2) is 29.9 Å². The molecule has 0 radical (unpaired) electrons. The average Bonchev–Trinajstić information content (AvgIpc) is 2.90. The Labute approximate surface area is 189 Å². The first-order chi connectivity index (χ1) is 14.8. The molecule has 0 saturated heterocycles. The van der Waals surface area contributed by atoms with Gasteiger partial charge in [0, 0.05) is 27.8 Å². The SMILES string of the molecule is O=C(Cc1c(Cl)cccc1Cl)N1CCCCc2cc(C(O)(C(F)(F)F)C(F)(F)F)ccc21. The molecule has 0 unspecified atom stereocenters. The molecule has 1 N–H and O–H groups in total. The number of amides is 1. The van der Waals surface area contributed by atoms with Crippen molar-refractivity contribution in [2.75, 3.05) is 11.4 Å². The first kappa shape index (κ1) is 24.7. The Morgan fingerprint density at radius 1 is 0.969 bits per heavy atom. The highest BCUT2D eigenvalue weighted by molar-refractivity contribution is 6.36. The lowest BCUT2D eigenvalue weighted by Gasteiger charge is -2.33. The van der Waals surface area contributed by atoms with Crippen LogP contribution in [0.5, 0.6) is 0 Å². The molecular formula is C21H17Cl2F6NO2. The summed E-state index contributed by atoms with van der Waals surface area (Å²) in [5.74, 6) is -0.460. The topological polar surface area (TPSA) is 40.5 Å². The van der Waals surface area contributed by atoms with Gasteiger partial charge in [0.25, 0.3) is 5.60 Å². The van der Waals surface area contributed by atoms with Gasteiger partial charge in [-0.15, -0.1) is 0 Å². The van der Waals surface area contributed by atoms with Gasteiger partial charge in [-0.1, -0.05) is 41.4 Å². The number of aryl methyl sites for hydroxylation is 1. The Morgan fingerprint density at radius 3 is 2.12 bits per heavy atom. The van der Waals surface area contributed by atoms with E-state index >= 15 is 0 Å². The molecule has 0 aliphatic carbocycles. The molecule has 1 heterocycles. The van der Waals surface area contributed by atoms with Gasteiger partial charge in [0.15, 0.2) is 0 Å². The molecule has 32 heavy (non-hydrogen) atoms. The summed E-state index contributed by atoms with van der Waals surface area (Å²) in [5, 5.41) is 10.2. The number of hydrogen-bond acceptors (Lipinski definition) is 2. The Balaban J connectivity index is 2.02. The van der Waals surface area contributed by atoms with Gasteiger partial charge in [0.05, 0.1) is 6.42 Å². The van der Waals surface area contributed by atoms with Gasteiger partial charge in [0.2, 0.25) is 5.91 Å². The summed E-state index contributed by atoms with van der Waals surface area (Å²) < 4.78 is 79.6.